The number of carbonyl (C=O) groups excluding carboxylic acids is 1. The van der Waals surface area contributed by atoms with E-state index in [9.17, 15) is 9.90 Å². The predicted octanol–water partition coefficient (Wildman–Crippen LogP) is -4.64. The molecular formula is C4H4KN3O2. The van der Waals surface area contributed by atoms with E-state index in [1.807, 2.05) is 0 Å². The standard InChI is InChI=1S/C4H5N3O2.K/c5-3-2(4(8)9)1-6-7-3;/h1H,(H,8,9)(H3,5,6,7);/q;+1/p-1. The van der Waals surface area contributed by atoms with Crippen LogP contribution in [0.4, 0.5) is 5.82 Å². The number of rotatable bonds is 1. The molecule has 0 saturated heterocycles. The third kappa shape index (κ3) is 2.06. The summed E-state index contributed by atoms with van der Waals surface area (Å²) >= 11 is 0. The van der Waals surface area contributed by atoms with Crippen LogP contribution in [-0.4, -0.2) is 16.2 Å². The van der Waals surface area contributed by atoms with Gasteiger partial charge in [-0.25, -0.2) is 0 Å². The normalized spacial score (nSPS) is 8.40. The minimum Gasteiger partial charge on any atom is -0.545 e. The summed E-state index contributed by atoms with van der Waals surface area (Å²) in [6.07, 6.45) is 1.10. The van der Waals surface area contributed by atoms with Gasteiger partial charge in [0.1, 0.15) is 5.82 Å². The molecule has 0 radical (unpaired) electrons. The van der Waals surface area contributed by atoms with Crippen molar-refractivity contribution < 1.29 is 61.3 Å². The zero-order valence-electron chi connectivity index (χ0n) is 5.42. The maximum Gasteiger partial charge on any atom is 1.00 e. The Hall–Kier alpha value is 0.116. The number of carboxylic acids is 1. The molecule has 0 aromatic carbocycles. The summed E-state index contributed by atoms with van der Waals surface area (Å²) in [5.41, 5.74) is 5.00. The van der Waals surface area contributed by atoms with Crippen molar-refractivity contribution in [3.63, 3.8) is 0 Å². The number of carboxylic acid groups (broad SMARTS) is 1. The summed E-state index contributed by atoms with van der Waals surface area (Å²) in [7, 11) is 0. The summed E-state index contributed by atoms with van der Waals surface area (Å²) in [4.78, 5) is 10.0. The number of aromatic carboxylic acids is 1. The van der Waals surface area contributed by atoms with Crippen LogP contribution in [-0.2, 0) is 0 Å². The molecule has 1 rings (SSSR count). The SMILES string of the molecule is Nc1[nH]ncc1C(=O)[O-].[K+]. The van der Waals surface area contributed by atoms with Crippen LogP contribution in [0.1, 0.15) is 10.4 Å². The number of nitrogen functional groups attached to an aromatic ring is 1. The Kier molecular flexibility index (Phi) is 4.14. The van der Waals surface area contributed by atoms with Gasteiger partial charge < -0.3 is 15.6 Å². The molecule has 0 saturated carbocycles. The number of hydrogen-bond acceptors (Lipinski definition) is 4. The molecular weight excluding hydrogens is 161 g/mol. The number of aromatic nitrogens is 2. The number of nitrogens with two attached hydrogens (primary N) is 1. The summed E-state index contributed by atoms with van der Waals surface area (Å²) in [6, 6.07) is 0. The molecule has 0 atom stereocenters. The van der Waals surface area contributed by atoms with Crippen LogP contribution in [0.25, 0.3) is 0 Å². The molecule has 3 N–H and O–H groups in total. The van der Waals surface area contributed by atoms with Gasteiger partial charge in [-0.15, -0.1) is 0 Å². The van der Waals surface area contributed by atoms with Crippen molar-refractivity contribution in [1.82, 2.24) is 10.2 Å². The molecule has 0 aliphatic rings. The van der Waals surface area contributed by atoms with Crippen molar-refractivity contribution in [1.29, 1.82) is 0 Å². The minimum atomic E-state index is -1.32. The van der Waals surface area contributed by atoms with Crippen LogP contribution in [0.15, 0.2) is 6.20 Å². The molecule has 48 valence electrons. The number of hydrogen-bond donors (Lipinski definition) is 2. The number of nitrogens with one attached hydrogen (secondary N) is 1. The predicted molar refractivity (Wildman–Crippen MR) is 27.3 cm³/mol. The van der Waals surface area contributed by atoms with E-state index in [0.717, 1.165) is 6.20 Å². The topological polar surface area (TPSA) is 94.8 Å². The maximum absolute atomic E-state index is 10.0. The summed E-state index contributed by atoms with van der Waals surface area (Å²) < 4.78 is 0. The van der Waals surface area contributed by atoms with E-state index in [4.69, 9.17) is 5.73 Å². The largest absolute Gasteiger partial charge is 1.00 e. The Morgan fingerprint density at radius 2 is 2.40 bits per heavy atom. The molecule has 1 heterocycles. The second-order valence-electron chi connectivity index (χ2n) is 1.48. The number of H-pyrrole nitrogens is 1. The molecule has 0 fully saturated rings. The van der Waals surface area contributed by atoms with Gasteiger partial charge in [0.2, 0.25) is 0 Å². The first kappa shape index (κ1) is 10.1. The van der Waals surface area contributed by atoms with Crippen molar-refractivity contribution in [2.45, 2.75) is 0 Å². The third-order valence-corrected chi connectivity index (χ3v) is 0.889. The van der Waals surface area contributed by atoms with Gasteiger partial charge in [0.15, 0.2) is 0 Å². The molecule has 5 nitrogen and oxygen atoms in total. The quantitative estimate of drug-likeness (QED) is 0.409. The Balaban J connectivity index is 0.000000810. The van der Waals surface area contributed by atoms with Crippen molar-refractivity contribution in [2.75, 3.05) is 5.73 Å². The van der Waals surface area contributed by atoms with E-state index in [1.165, 1.54) is 0 Å². The molecule has 1 aromatic rings. The molecule has 0 unspecified atom stereocenters. The summed E-state index contributed by atoms with van der Waals surface area (Å²) in [5.74, 6) is -1.30. The van der Waals surface area contributed by atoms with Crippen molar-refractivity contribution in [2.24, 2.45) is 0 Å². The minimum absolute atomic E-state index is 0. The molecule has 6 heteroatoms. The van der Waals surface area contributed by atoms with Gasteiger partial charge in [0, 0.05) is 0 Å². The first-order chi connectivity index (χ1) is 4.22. The van der Waals surface area contributed by atoms with Crippen LogP contribution in [0.3, 0.4) is 0 Å². The zero-order valence-corrected chi connectivity index (χ0v) is 8.54. The second-order valence-corrected chi connectivity index (χ2v) is 1.48. The molecule has 1 aromatic heterocycles. The van der Waals surface area contributed by atoms with Crippen LogP contribution in [0.2, 0.25) is 0 Å². The van der Waals surface area contributed by atoms with E-state index < -0.39 is 5.97 Å². The maximum atomic E-state index is 10.0. The fourth-order valence-corrected chi connectivity index (χ4v) is 0.459. The van der Waals surface area contributed by atoms with E-state index in [2.05, 4.69) is 10.2 Å². The van der Waals surface area contributed by atoms with Gasteiger partial charge in [-0.1, -0.05) is 0 Å². The first-order valence-corrected chi connectivity index (χ1v) is 2.22. The van der Waals surface area contributed by atoms with Crippen LogP contribution in [0, 0.1) is 0 Å². The fourth-order valence-electron chi connectivity index (χ4n) is 0.459. The van der Waals surface area contributed by atoms with Gasteiger partial charge in [0.25, 0.3) is 0 Å². The van der Waals surface area contributed by atoms with E-state index >= 15 is 0 Å². The number of nitrogens with zero attached hydrogens (tertiary/aromatic N) is 1. The van der Waals surface area contributed by atoms with Crippen molar-refractivity contribution in [3.05, 3.63) is 11.8 Å². The molecule has 0 aliphatic carbocycles. The molecule has 0 amide bonds. The number of carbonyl (C=O) groups is 1. The fraction of sp³-hybridized carbons (Fsp3) is 0. The summed E-state index contributed by atoms with van der Waals surface area (Å²) in [5, 5.41) is 15.7. The smallest absolute Gasteiger partial charge is 0.545 e. The van der Waals surface area contributed by atoms with E-state index in [1.54, 1.807) is 0 Å². The molecule has 0 aliphatic heterocycles. The Bertz CT molecular complexity index is 234. The second kappa shape index (κ2) is 4.09. The zero-order chi connectivity index (χ0) is 6.85. The Morgan fingerprint density at radius 1 is 1.80 bits per heavy atom. The van der Waals surface area contributed by atoms with Gasteiger partial charge >= 0.3 is 51.4 Å². The van der Waals surface area contributed by atoms with Gasteiger partial charge in [-0.05, 0) is 0 Å². The van der Waals surface area contributed by atoms with Gasteiger partial charge in [-0.2, -0.15) is 5.10 Å². The average molecular weight is 165 g/mol. The third-order valence-electron chi connectivity index (χ3n) is 0.889. The average Bonchev–Trinajstić information content (AvgIpc) is 2.13. The Labute approximate surface area is 99.4 Å². The van der Waals surface area contributed by atoms with Crippen molar-refractivity contribution in [3.8, 4) is 0 Å². The molecule has 10 heavy (non-hydrogen) atoms. The van der Waals surface area contributed by atoms with Crippen LogP contribution >= 0.6 is 0 Å². The van der Waals surface area contributed by atoms with Gasteiger partial charge in [-0.3, -0.25) is 5.10 Å². The van der Waals surface area contributed by atoms with Gasteiger partial charge in [0.05, 0.1) is 17.7 Å². The molecule has 0 spiro atoms. The van der Waals surface area contributed by atoms with Crippen molar-refractivity contribution >= 4 is 11.8 Å². The molecule has 0 bridgehead atoms. The van der Waals surface area contributed by atoms with Crippen LogP contribution < -0.4 is 62.2 Å². The van der Waals surface area contributed by atoms with E-state index in [0.29, 0.717) is 0 Å². The summed E-state index contributed by atoms with van der Waals surface area (Å²) in [6.45, 7) is 0. The number of aromatic amines is 1. The van der Waals surface area contributed by atoms with E-state index in [-0.39, 0.29) is 62.8 Å². The Morgan fingerprint density at radius 3 is 2.60 bits per heavy atom. The number of anilines is 1. The monoisotopic (exact) mass is 165 g/mol. The first-order valence-electron chi connectivity index (χ1n) is 2.22. The van der Waals surface area contributed by atoms with Crippen LogP contribution in [0.5, 0.6) is 0 Å².